The molecule has 2 heterocycles. The maximum atomic E-state index is 12.3. The van der Waals surface area contributed by atoms with E-state index >= 15 is 0 Å². The molecule has 1 unspecified atom stereocenters. The predicted molar refractivity (Wildman–Crippen MR) is 100 cm³/mol. The lowest BCUT2D eigenvalue weighted by Crippen LogP contribution is -2.36. The van der Waals surface area contributed by atoms with Crippen molar-refractivity contribution in [3.05, 3.63) is 71.6 Å². The number of hydrogen-bond donors (Lipinski definition) is 1. The zero-order valence-corrected chi connectivity index (χ0v) is 15.5. The highest BCUT2D eigenvalue weighted by Gasteiger charge is 2.37. The fourth-order valence-electron chi connectivity index (χ4n) is 3.59. The molecule has 1 atom stereocenters. The van der Waals surface area contributed by atoms with Crippen LogP contribution in [0.15, 0.2) is 61.1 Å². The number of benzene rings is 2. The molecule has 1 saturated heterocycles. The summed E-state index contributed by atoms with van der Waals surface area (Å²) < 4.78 is 42.9. The second kappa shape index (κ2) is 7.14. The fraction of sp³-hybridized carbons (Fsp3) is 0.250. The van der Waals surface area contributed by atoms with Crippen molar-refractivity contribution in [3.63, 3.8) is 0 Å². The number of nitrogens with zero attached hydrogens (tertiary/aromatic N) is 2. The fourth-order valence-corrected chi connectivity index (χ4v) is 3.71. The summed E-state index contributed by atoms with van der Waals surface area (Å²) in [5.41, 5.74) is 2.24. The predicted octanol–water partition coefficient (Wildman–Crippen LogP) is 4.84. The Hall–Kier alpha value is -2.51. The third kappa shape index (κ3) is 3.72. The van der Waals surface area contributed by atoms with Crippen LogP contribution in [0.3, 0.4) is 0 Å². The number of aromatic nitrogens is 2. The number of ether oxygens (including phenoxy) is 1. The molecule has 0 radical (unpaired) electrons. The van der Waals surface area contributed by atoms with Crippen molar-refractivity contribution in [2.45, 2.75) is 18.3 Å². The van der Waals surface area contributed by atoms with Crippen LogP contribution in [-0.4, -0.2) is 29.0 Å². The summed E-state index contributed by atoms with van der Waals surface area (Å²) in [6.07, 6.45) is -0.134. The van der Waals surface area contributed by atoms with Crippen molar-refractivity contribution in [1.82, 2.24) is 14.9 Å². The van der Waals surface area contributed by atoms with Crippen LogP contribution in [0.4, 0.5) is 13.2 Å². The molecular formula is C20H17ClF3N3O. The molecule has 0 aliphatic carbocycles. The van der Waals surface area contributed by atoms with Crippen LogP contribution in [0.5, 0.6) is 5.75 Å². The highest BCUT2D eigenvalue weighted by Crippen LogP contribution is 2.35. The average Bonchev–Trinajstić information content (AvgIpc) is 3.32. The molecule has 0 spiro atoms. The minimum Gasteiger partial charge on any atom is -0.406 e. The molecule has 1 aliphatic rings. The van der Waals surface area contributed by atoms with Gasteiger partial charge in [-0.1, -0.05) is 23.7 Å². The first-order valence-corrected chi connectivity index (χ1v) is 9.11. The van der Waals surface area contributed by atoms with Crippen LogP contribution in [0, 0.1) is 0 Å². The molecule has 0 bridgehead atoms. The summed E-state index contributed by atoms with van der Waals surface area (Å²) in [7, 11) is 0. The third-order valence-corrected chi connectivity index (χ3v) is 5.23. The van der Waals surface area contributed by atoms with Gasteiger partial charge >= 0.3 is 6.36 Å². The second-order valence-corrected chi connectivity index (χ2v) is 7.14. The van der Waals surface area contributed by atoms with Crippen LogP contribution in [0.2, 0.25) is 5.02 Å². The van der Waals surface area contributed by atoms with Crippen LogP contribution >= 0.6 is 11.6 Å². The van der Waals surface area contributed by atoms with E-state index in [1.54, 1.807) is 18.5 Å². The zero-order valence-electron chi connectivity index (χ0n) is 14.7. The molecule has 1 aliphatic heterocycles. The molecule has 4 rings (SSSR count). The topological polar surface area (TPSA) is 39.1 Å². The van der Waals surface area contributed by atoms with E-state index in [9.17, 15) is 13.2 Å². The number of imidazole rings is 1. The zero-order chi connectivity index (χ0) is 19.8. The summed E-state index contributed by atoms with van der Waals surface area (Å²) in [6, 6.07) is 13.5. The van der Waals surface area contributed by atoms with Gasteiger partial charge in [0.05, 0.1) is 17.6 Å². The van der Waals surface area contributed by atoms with Crippen molar-refractivity contribution in [1.29, 1.82) is 0 Å². The van der Waals surface area contributed by atoms with Gasteiger partial charge in [0.2, 0.25) is 0 Å². The Morgan fingerprint density at radius 1 is 1.07 bits per heavy atom. The van der Waals surface area contributed by atoms with Crippen molar-refractivity contribution in [3.8, 4) is 17.0 Å². The highest BCUT2D eigenvalue weighted by molar-refractivity contribution is 6.30. The van der Waals surface area contributed by atoms with E-state index in [-0.39, 0.29) is 11.3 Å². The standard InChI is InChI=1S/C20H17ClF3N3O/c21-16-5-3-15(4-6-16)19(9-10-25-12-19)27-11-18(26-13-27)14-1-7-17(8-2-14)28-20(22,23)24/h1-8,11,13,25H,9-10,12H2. The number of halogens is 4. The van der Waals surface area contributed by atoms with Crippen molar-refractivity contribution in [2.75, 3.05) is 13.1 Å². The average molecular weight is 408 g/mol. The van der Waals surface area contributed by atoms with Crippen molar-refractivity contribution in [2.24, 2.45) is 0 Å². The molecule has 1 N–H and O–H groups in total. The van der Waals surface area contributed by atoms with Gasteiger partial charge in [-0.15, -0.1) is 13.2 Å². The van der Waals surface area contributed by atoms with Gasteiger partial charge in [-0.05, 0) is 54.9 Å². The Bertz CT molecular complexity index is 946. The van der Waals surface area contributed by atoms with E-state index in [0.29, 0.717) is 16.3 Å². The van der Waals surface area contributed by atoms with Gasteiger partial charge in [-0.3, -0.25) is 0 Å². The molecule has 0 saturated carbocycles. The second-order valence-electron chi connectivity index (χ2n) is 6.70. The summed E-state index contributed by atoms with van der Waals surface area (Å²) >= 11 is 6.03. The summed E-state index contributed by atoms with van der Waals surface area (Å²) in [5, 5.41) is 4.08. The summed E-state index contributed by atoms with van der Waals surface area (Å²) in [4.78, 5) is 4.47. The molecule has 146 valence electrons. The first kappa shape index (κ1) is 18.8. The minimum atomic E-state index is -4.70. The summed E-state index contributed by atoms with van der Waals surface area (Å²) in [6.45, 7) is 1.63. The Morgan fingerprint density at radius 2 is 1.79 bits per heavy atom. The Labute approximate surface area is 164 Å². The van der Waals surface area contributed by atoms with Gasteiger partial charge in [-0.2, -0.15) is 0 Å². The van der Waals surface area contributed by atoms with Gasteiger partial charge in [0, 0.05) is 23.3 Å². The quantitative estimate of drug-likeness (QED) is 0.672. The van der Waals surface area contributed by atoms with Gasteiger partial charge < -0.3 is 14.6 Å². The lowest BCUT2D eigenvalue weighted by atomic mass is 9.88. The first-order valence-electron chi connectivity index (χ1n) is 8.73. The van der Waals surface area contributed by atoms with Crippen LogP contribution in [0.25, 0.3) is 11.3 Å². The molecule has 1 fully saturated rings. The van der Waals surface area contributed by atoms with E-state index in [2.05, 4.69) is 19.6 Å². The van der Waals surface area contributed by atoms with Crippen LogP contribution < -0.4 is 10.1 Å². The smallest absolute Gasteiger partial charge is 0.406 e. The number of nitrogens with one attached hydrogen (secondary N) is 1. The van der Waals surface area contributed by atoms with Crippen LogP contribution in [-0.2, 0) is 5.54 Å². The normalized spacial score (nSPS) is 19.7. The Balaban J connectivity index is 1.63. The van der Waals surface area contributed by atoms with Crippen LogP contribution in [0.1, 0.15) is 12.0 Å². The highest BCUT2D eigenvalue weighted by atomic mass is 35.5. The molecule has 8 heteroatoms. The molecule has 28 heavy (non-hydrogen) atoms. The number of hydrogen-bond acceptors (Lipinski definition) is 3. The third-order valence-electron chi connectivity index (χ3n) is 4.97. The van der Waals surface area contributed by atoms with E-state index in [1.165, 1.54) is 12.1 Å². The van der Waals surface area contributed by atoms with Gasteiger partial charge in [0.1, 0.15) is 5.75 Å². The Morgan fingerprint density at radius 3 is 2.39 bits per heavy atom. The van der Waals surface area contributed by atoms with Gasteiger partial charge in [0.15, 0.2) is 0 Å². The van der Waals surface area contributed by atoms with Gasteiger partial charge in [0.25, 0.3) is 0 Å². The molecule has 0 amide bonds. The Kier molecular flexibility index (Phi) is 4.81. The lowest BCUT2D eigenvalue weighted by Gasteiger charge is -2.30. The van der Waals surface area contributed by atoms with Gasteiger partial charge in [-0.25, -0.2) is 4.98 Å². The largest absolute Gasteiger partial charge is 0.573 e. The maximum Gasteiger partial charge on any atom is 0.573 e. The lowest BCUT2D eigenvalue weighted by molar-refractivity contribution is -0.274. The van der Waals surface area contributed by atoms with E-state index in [4.69, 9.17) is 11.6 Å². The number of rotatable bonds is 4. The molecule has 2 aromatic carbocycles. The monoisotopic (exact) mass is 407 g/mol. The first-order chi connectivity index (χ1) is 13.4. The van der Waals surface area contributed by atoms with E-state index in [1.807, 2.05) is 30.5 Å². The molecule has 1 aromatic heterocycles. The number of alkyl halides is 3. The van der Waals surface area contributed by atoms with Crippen molar-refractivity contribution >= 4 is 11.6 Å². The summed E-state index contributed by atoms with van der Waals surface area (Å²) in [5.74, 6) is -0.256. The SMILES string of the molecule is FC(F)(F)Oc1ccc(-c2cn(C3(c4ccc(Cl)cc4)CCNC3)cn2)cc1. The minimum absolute atomic E-state index is 0.256. The van der Waals surface area contributed by atoms with E-state index in [0.717, 1.165) is 25.1 Å². The van der Waals surface area contributed by atoms with Crippen molar-refractivity contribution < 1.29 is 17.9 Å². The molecular weight excluding hydrogens is 391 g/mol. The molecule has 3 aromatic rings. The van der Waals surface area contributed by atoms with E-state index < -0.39 is 6.36 Å². The molecule has 4 nitrogen and oxygen atoms in total. The maximum absolute atomic E-state index is 12.3.